The van der Waals surface area contributed by atoms with E-state index < -0.39 is 0 Å². The Hall–Kier alpha value is -0.860. The molecule has 0 spiro atoms. The van der Waals surface area contributed by atoms with Gasteiger partial charge in [-0.15, -0.1) is 0 Å². The van der Waals surface area contributed by atoms with Crippen LogP contribution in [0, 0.1) is 11.8 Å². The van der Waals surface area contributed by atoms with Crippen molar-refractivity contribution in [3.05, 3.63) is 35.4 Å². The highest BCUT2D eigenvalue weighted by Crippen LogP contribution is 2.47. The van der Waals surface area contributed by atoms with E-state index in [9.17, 15) is 0 Å². The molecule has 0 radical (unpaired) electrons. The minimum Gasteiger partial charge on any atom is -0.360 e. The summed E-state index contributed by atoms with van der Waals surface area (Å²) in [6.45, 7) is 8.36. The Bertz CT molecular complexity index is 552. The first-order valence-electron chi connectivity index (χ1n) is 9.04. The van der Waals surface area contributed by atoms with Crippen LogP contribution >= 0.6 is 0 Å². The molecule has 120 valence electrons. The third-order valence-corrected chi connectivity index (χ3v) is 6.50. The zero-order valence-corrected chi connectivity index (χ0v) is 14.2. The minimum absolute atomic E-state index is 0.241. The molecular weight excluding hydrogens is 270 g/mol. The number of fused-ring (bicyclic) bond motifs is 3. The van der Waals surface area contributed by atoms with E-state index in [0.717, 1.165) is 25.3 Å². The Morgan fingerprint density at radius 1 is 1.09 bits per heavy atom. The summed E-state index contributed by atoms with van der Waals surface area (Å²) in [6.07, 6.45) is 7.01. The molecule has 1 aliphatic carbocycles. The van der Waals surface area contributed by atoms with Crippen molar-refractivity contribution in [1.29, 1.82) is 0 Å². The molecule has 0 aromatic heterocycles. The first-order valence-corrected chi connectivity index (χ1v) is 9.04. The van der Waals surface area contributed by atoms with Gasteiger partial charge >= 0.3 is 0 Å². The third-order valence-electron chi connectivity index (χ3n) is 6.50. The van der Waals surface area contributed by atoms with Crippen molar-refractivity contribution in [3.8, 4) is 0 Å². The Labute approximate surface area is 134 Å². The van der Waals surface area contributed by atoms with Crippen molar-refractivity contribution < 1.29 is 4.74 Å². The number of rotatable bonds is 0. The van der Waals surface area contributed by atoms with Crippen molar-refractivity contribution >= 4 is 0 Å². The van der Waals surface area contributed by atoms with E-state index in [4.69, 9.17) is 4.74 Å². The molecule has 2 heteroatoms. The van der Waals surface area contributed by atoms with E-state index in [0.29, 0.717) is 18.2 Å². The van der Waals surface area contributed by atoms with Crippen molar-refractivity contribution in [3.63, 3.8) is 0 Å². The van der Waals surface area contributed by atoms with Gasteiger partial charge < -0.3 is 4.74 Å². The monoisotopic (exact) mass is 299 g/mol. The normalized spacial score (nSPS) is 37.6. The van der Waals surface area contributed by atoms with Gasteiger partial charge in [-0.25, -0.2) is 0 Å². The number of benzene rings is 1. The molecular formula is C20H29NO. The molecule has 22 heavy (non-hydrogen) atoms. The summed E-state index contributed by atoms with van der Waals surface area (Å²) in [6, 6.07) is 8.97. The second kappa shape index (κ2) is 5.35. The second-order valence-electron chi connectivity index (χ2n) is 8.24. The van der Waals surface area contributed by atoms with Crippen molar-refractivity contribution in [1.82, 2.24) is 4.90 Å². The highest BCUT2D eigenvalue weighted by Gasteiger charge is 2.50. The predicted molar refractivity (Wildman–Crippen MR) is 89.6 cm³/mol. The average molecular weight is 299 g/mol. The van der Waals surface area contributed by atoms with Crippen LogP contribution in [0.15, 0.2) is 24.3 Å². The first-order chi connectivity index (χ1) is 10.6. The predicted octanol–water partition coefficient (Wildman–Crippen LogP) is 4.37. The summed E-state index contributed by atoms with van der Waals surface area (Å²) in [7, 11) is 0. The molecule has 4 rings (SSSR count). The smallest absolute Gasteiger partial charge is 0.112 e. The molecule has 1 saturated carbocycles. The molecule has 2 heterocycles. The lowest BCUT2D eigenvalue weighted by atomic mass is 9.69. The third kappa shape index (κ3) is 2.32. The lowest BCUT2D eigenvalue weighted by Crippen LogP contribution is -2.63. The fraction of sp³-hybridized carbons (Fsp3) is 0.700. The van der Waals surface area contributed by atoms with Gasteiger partial charge in [0.2, 0.25) is 0 Å². The Morgan fingerprint density at radius 3 is 2.68 bits per heavy atom. The van der Waals surface area contributed by atoms with Crippen molar-refractivity contribution in [2.45, 2.75) is 77.3 Å². The van der Waals surface area contributed by atoms with Crippen molar-refractivity contribution in [2.75, 3.05) is 0 Å². The van der Waals surface area contributed by atoms with E-state index in [1.54, 1.807) is 0 Å². The second-order valence-corrected chi connectivity index (χ2v) is 8.24. The van der Waals surface area contributed by atoms with Gasteiger partial charge in [0.25, 0.3) is 0 Å². The first kappa shape index (κ1) is 14.7. The molecule has 1 unspecified atom stereocenters. The summed E-state index contributed by atoms with van der Waals surface area (Å²) >= 11 is 0. The summed E-state index contributed by atoms with van der Waals surface area (Å²) in [5, 5.41) is 0. The molecule has 4 atom stereocenters. The van der Waals surface area contributed by atoms with Gasteiger partial charge in [-0.1, -0.05) is 37.6 Å². The van der Waals surface area contributed by atoms with E-state index >= 15 is 0 Å². The SMILES string of the molecule is C[C@@H]1CC[C@@H]2[C@@H](C1)OC1CCc3ccccc3CN1C2(C)C. The zero-order valence-electron chi connectivity index (χ0n) is 14.2. The number of hydrogen-bond donors (Lipinski definition) is 0. The van der Waals surface area contributed by atoms with Crippen LogP contribution in [0.25, 0.3) is 0 Å². The van der Waals surface area contributed by atoms with Gasteiger partial charge in [0.15, 0.2) is 0 Å². The van der Waals surface area contributed by atoms with Crippen molar-refractivity contribution in [2.24, 2.45) is 11.8 Å². The number of hydrogen-bond acceptors (Lipinski definition) is 2. The maximum atomic E-state index is 6.64. The van der Waals surface area contributed by atoms with Crippen LogP contribution in [0.1, 0.15) is 57.6 Å². The molecule has 2 fully saturated rings. The van der Waals surface area contributed by atoms with Gasteiger partial charge in [-0.2, -0.15) is 0 Å². The van der Waals surface area contributed by atoms with Crippen LogP contribution in [0.3, 0.4) is 0 Å². The molecule has 3 aliphatic rings. The minimum atomic E-state index is 0.241. The van der Waals surface area contributed by atoms with Crippen LogP contribution in [-0.2, 0) is 17.7 Å². The molecule has 1 aromatic rings. The zero-order chi connectivity index (χ0) is 15.3. The summed E-state index contributed by atoms with van der Waals surface area (Å²) in [5.41, 5.74) is 3.27. The molecule has 1 saturated heterocycles. The lowest BCUT2D eigenvalue weighted by molar-refractivity contribution is -0.237. The molecule has 1 aromatic carbocycles. The summed E-state index contributed by atoms with van der Waals surface area (Å²) in [5.74, 6) is 1.51. The summed E-state index contributed by atoms with van der Waals surface area (Å²) < 4.78 is 6.64. The van der Waals surface area contributed by atoms with Crippen LogP contribution in [0.2, 0.25) is 0 Å². The fourth-order valence-electron chi connectivity index (χ4n) is 5.09. The lowest BCUT2D eigenvalue weighted by Gasteiger charge is -2.57. The largest absolute Gasteiger partial charge is 0.360 e. The number of aryl methyl sites for hydroxylation is 1. The topological polar surface area (TPSA) is 12.5 Å². The molecule has 2 aliphatic heterocycles. The van der Waals surface area contributed by atoms with Crippen LogP contribution in [0.4, 0.5) is 0 Å². The van der Waals surface area contributed by atoms with E-state index in [-0.39, 0.29) is 5.54 Å². The Balaban J connectivity index is 1.66. The fourth-order valence-corrected chi connectivity index (χ4v) is 5.09. The van der Waals surface area contributed by atoms with Crippen LogP contribution in [-0.4, -0.2) is 22.8 Å². The van der Waals surface area contributed by atoms with Gasteiger partial charge in [0.1, 0.15) is 6.23 Å². The van der Waals surface area contributed by atoms with E-state index in [1.165, 1.54) is 30.4 Å². The number of nitrogens with zero attached hydrogens (tertiary/aromatic N) is 1. The Kier molecular flexibility index (Phi) is 3.58. The van der Waals surface area contributed by atoms with Crippen LogP contribution < -0.4 is 0 Å². The molecule has 0 amide bonds. The Morgan fingerprint density at radius 2 is 1.86 bits per heavy atom. The maximum Gasteiger partial charge on any atom is 0.112 e. The van der Waals surface area contributed by atoms with Gasteiger partial charge in [-0.05, 0) is 56.6 Å². The summed E-state index contributed by atoms with van der Waals surface area (Å²) in [4.78, 5) is 2.66. The van der Waals surface area contributed by atoms with E-state index in [1.807, 2.05) is 0 Å². The van der Waals surface area contributed by atoms with Gasteiger partial charge in [-0.3, -0.25) is 4.90 Å². The van der Waals surface area contributed by atoms with Crippen LogP contribution in [0.5, 0.6) is 0 Å². The van der Waals surface area contributed by atoms with E-state index in [2.05, 4.69) is 49.9 Å². The maximum absolute atomic E-state index is 6.64. The highest BCUT2D eigenvalue weighted by molar-refractivity contribution is 5.29. The highest BCUT2D eigenvalue weighted by atomic mass is 16.5. The quantitative estimate of drug-likeness (QED) is 0.705. The molecule has 2 nitrogen and oxygen atoms in total. The molecule has 0 N–H and O–H groups in total. The number of ether oxygens (including phenoxy) is 1. The molecule has 0 bridgehead atoms. The average Bonchev–Trinajstić information content (AvgIpc) is 2.67. The standard InChI is InChI=1S/C20H29NO/c1-14-8-10-17-18(12-14)22-19-11-9-15-6-4-5-7-16(15)13-21(19)20(17,2)3/h4-7,14,17-19H,8-13H2,1-3H3/t14-,17-,18-,19?/m1/s1. The van der Waals surface area contributed by atoms with Gasteiger partial charge in [0, 0.05) is 18.0 Å². The van der Waals surface area contributed by atoms with Gasteiger partial charge in [0.05, 0.1) is 6.10 Å².